The van der Waals surface area contributed by atoms with Crippen molar-refractivity contribution < 1.29 is 0 Å². The minimum atomic E-state index is 0.480. The topological polar surface area (TPSA) is 12.0 Å². The predicted molar refractivity (Wildman–Crippen MR) is 75.2 cm³/mol. The summed E-state index contributed by atoms with van der Waals surface area (Å²) in [5.74, 6) is 1.87. The Bertz CT molecular complexity index is 222. The van der Waals surface area contributed by atoms with Gasteiger partial charge in [0.25, 0.3) is 0 Å². The molecule has 0 radical (unpaired) electrons. The summed E-state index contributed by atoms with van der Waals surface area (Å²) in [6.07, 6.45) is 11.6. The van der Waals surface area contributed by atoms with E-state index in [-0.39, 0.29) is 0 Å². The lowest BCUT2D eigenvalue weighted by Gasteiger charge is -2.41. The zero-order valence-electron chi connectivity index (χ0n) is 12.1. The first kappa shape index (κ1) is 13.4. The molecule has 17 heavy (non-hydrogen) atoms. The summed E-state index contributed by atoms with van der Waals surface area (Å²) in [5, 5.41) is 3.92. The van der Waals surface area contributed by atoms with Gasteiger partial charge in [-0.15, -0.1) is 0 Å². The molecule has 1 heteroatoms. The molecule has 1 N–H and O–H groups in total. The van der Waals surface area contributed by atoms with E-state index in [1.807, 2.05) is 0 Å². The SMILES string of the molecule is CC(C)(C)C1CCCCC1NCC1CCCC1. The van der Waals surface area contributed by atoms with E-state index in [0.29, 0.717) is 5.41 Å². The smallest absolute Gasteiger partial charge is 0.0100 e. The molecule has 0 amide bonds. The maximum Gasteiger partial charge on any atom is 0.0100 e. The Morgan fingerprint density at radius 2 is 1.47 bits per heavy atom. The fourth-order valence-electron chi connectivity index (χ4n) is 3.94. The minimum Gasteiger partial charge on any atom is -0.313 e. The summed E-state index contributed by atoms with van der Waals surface area (Å²) in [6, 6.07) is 0.796. The Hall–Kier alpha value is -0.0400. The first-order chi connectivity index (χ1) is 8.07. The summed E-state index contributed by atoms with van der Waals surface area (Å²) in [6.45, 7) is 8.56. The van der Waals surface area contributed by atoms with E-state index >= 15 is 0 Å². The van der Waals surface area contributed by atoms with Crippen LogP contribution < -0.4 is 5.32 Å². The summed E-state index contributed by atoms with van der Waals surface area (Å²) in [4.78, 5) is 0. The minimum absolute atomic E-state index is 0.480. The van der Waals surface area contributed by atoms with Gasteiger partial charge < -0.3 is 5.32 Å². The highest BCUT2D eigenvalue weighted by Gasteiger charge is 2.34. The fourth-order valence-corrected chi connectivity index (χ4v) is 3.94. The van der Waals surface area contributed by atoms with Crippen LogP contribution in [0.15, 0.2) is 0 Å². The largest absolute Gasteiger partial charge is 0.313 e. The molecule has 2 aliphatic rings. The summed E-state index contributed by atoms with van der Waals surface area (Å²) >= 11 is 0. The van der Waals surface area contributed by atoms with E-state index in [4.69, 9.17) is 0 Å². The Kier molecular flexibility index (Phi) is 4.52. The van der Waals surface area contributed by atoms with Crippen molar-refractivity contribution in [3.63, 3.8) is 0 Å². The second-order valence-corrected chi connectivity index (χ2v) is 7.42. The summed E-state index contributed by atoms with van der Waals surface area (Å²) < 4.78 is 0. The van der Waals surface area contributed by atoms with Crippen LogP contribution in [0.3, 0.4) is 0 Å². The molecule has 2 fully saturated rings. The zero-order valence-corrected chi connectivity index (χ0v) is 12.1. The van der Waals surface area contributed by atoms with Gasteiger partial charge in [-0.1, -0.05) is 46.5 Å². The first-order valence-corrected chi connectivity index (χ1v) is 7.81. The third-order valence-corrected chi connectivity index (χ3v) is 5.02. The van der Waals surface area contributed by atoms with Gasteiger partial charge in [0.1, 0.15) is 0 Å². The predicted octanol–water partition coefficient (Wildman–Crippen LogP) is 4.37. The highest BCUT2D eigenvalue weighted by atomic mass is 14.9. The van der Waals surface area contributed by atoms with Crippen molar-refractivity contribution in [2.24, 2.45) is 17.3 Å². The Morgan fingerprint density at radius 1 is 0.882 bits per heavy atom. The molecule has 0 aliphatic heterocycles. The van der Waals surface area contributed by atoms with Crippen LogP contribution in [0.25, 0.3) is 0 Å². The lowest BCUT2D eigenvalue weighted by Crippen LogP contribution is -2.45. The monoisotopic (exact) mass is 237 g/mol. The van der Waals surface area contributed by atoms with Gasteiger partial charge in [-0.05, 0) is 49.5 Å². The van der Waals surface area contributed by atoms with Crippen LogP contribution in [-0.4, -0.2) is 12.6 Å². The van der Waals surface area contributed by atoms with Gasteiger partial charge in [0.15, 0.2) is 0 Å². The van der Waals surface area contributed by atoms with Crippen molar-refractivity contribution >= 4 is 0 Å². The lowest BCUT2D eigenvalue weighted by molar-refractivity contribution is 0.128. The standard InChI is InChI=1S/C16H31N/c1-16(2,3)14-10-6-7-11-15(14)17-12-13-8-4-5-9-13/h13-15,17H,4-12H2,1-3H3. The molecule has 0 saturated heterocycles. The molecule has 2 aliphatic carbocycles. The lowest BCUT2D eigenvalue weighted by atomic mass is 9.69. The zero-order chi connectivity index (χ0) is 12.3. The van der Waals surface area contributed by atoms with Gasteiger partial charge in [0.05, 0.1) is 0 Å². The van der Waals surface area contributed by atoms with Crippen LogP contribution in [0.2, 0.25) is 0 Å². The Morgan fingerprint density at radius 3 is 2.12 bits per heavy atom. The molecule has 2 unspecified atom stereocenters. The maximum atomic E-state index is 3.92. The van der Waals surface area contributed by atoms with Crippen molar-refractivity contribution in [3.05, 3.63) is 0 Å². The van der Waals surface area contributed by atoms with Crippen molar-refractivity contribution in [3.8, 4) is 0 Å². The van der Waals surface area contributed by atoms with E-state index in [0.717, 1.165) is 17.9 Å². The number of hydrogen-bond acceptors (Lipinski definition) is 1. The molecule has 0 aromatic carbocycles. The molecular formula is C16H31N. The molecule has 0 aromatic heterocycles. The van der Waals surface area contributed by atoms with E-state index < -0.39 is 0 Å². The molecule has 0 heterocycles. The van der Waals surface area contributed by atoms with Crippen molar-refractivity contribution in [1.29, 1.82) is 0 Å². The Balaban J connectivity index is 1.83. The molecule has 2 rings (SSSR count). The highest BCUT2D eigenvalue weighted by molar-refractivity contribution is 4.88. The Labute approximate surface area is 108 Å². The average Bonchev–Trinajstić information content (AvgIpc) is 2.78. The summed E-state index contributed by atoms with van der Waals surface area (Å²) in [5.41, 5.74) is 0.480. The molecule has 1 nitrogen and oxygen atoms in total. The van der Waals surface area contributed by atoms with Crippen molar-refractivity contribution in [2.45, 2.75) is 78.2 Å². The molecule has 0 spiro atoms. The van der Waals surface area contributed by atoms with Crippen LogP contribution in [0, 0.1) is 17.3 Å². The number of hydrogen-bond donors (Lipinski definition) is 1. The van der Waals surface area contributed by atoms with E-state index in [1.54, 1.807) is 0 Å². The molecule has 2 atom stereocenters. The second kappa shape index (κ2) is 5.73. The number of nitrogens with one attached hydrogen (secondary N) is 1. The van der Waals surface area contributed by atoms with Gasteiger partial charge in [-0.3, -0.25) is 0 Å². The van der Waals surface area contributed by atoms with Crippen LogP contribution in [0.4, 0.5) is 0 Å². The molecule has 2 saturated carbocycles. The molecule has 0 aromatic rings. The second-order valence-electron chi connectivity index (χ2n) is 7.42. The highest BCUT2D eigenvalue weighted by Crippen LogP contribution is 2.38. The average molecular weight is 237 g/mol. The fraction of sp³-hybridized carbons (Fsp3) is 1.00. The van der Waals surface area contributed by atoms with Crippen LogP contribution in [0.1, 0.15) is 72.1 Å². The first-order valence-electron chi connectivity index (χ1n) is 7.81. The summed E-state index contributed by atoms with van der Waals surface area (Å²) in [7, 11) is 0. The van der Waals surface area contributed by atoms with Gasteiger partial charge in [-0.2, -0.15) is 0 Å². The van der Waals surface area contributed by atoms with Crippen LogP contribution >= 0.6 is 0 Å². The van der Waals surface area contributed by atoms with Crippen molar-refractivity contribution in [1.82, 2.24) is 5.32 Å². The van der Waals surface area contributed by atoms with Crippen LogP contribution in [-0.2, 0) is 0 Å². The maximum absolute atomic E-state index is 3.92. The van der Waals surface area contributed by atoms with Gasteiger partial charge in [0, 0.05) is 6.04 Å². The quantitative estimate of drug-likeness (QED) is 0.768. The molecule has 0 bridgehead atoms. The van der Waals surface area contributed by atoms with E-state index in [1.165, 1.54) is 57.9 Å². The van der Waals surface area contributed by atoms with E-state index in [2.05, 4.69) is 26.1 Å². The van der Waals surface area contributed by atoms with E-state index in [9.17, 15) is 0 Å². The van der Waals surface area contributed by atoms with Crippen LogP contribution in [0.5, 0.6) is 0 Å². The van der Waals surface area contributed by atoms with Gasteiger partial charge in [0.2, 0.25) is 0 Å². The van der Waals surface area contributed by atoms with Gasteiger partial charge >= 0.3 is 0 Å². The number of rotatable bonds is 3. The third-order valence-electron chi connectivity index (χ3n) is 5.02. The van der Waals surface area contributed by atoms with Crippen molar-refractivity contribution in [2.75, 3.05) is 6.54 Å². The molecule has 100 valence electrons. The molecular weight excluding hydrogens is 206 g/mol. The van der Waals surface area contributed by atoms with Gasteiger partial charge in [-0.25, -0.2) is 0 Å². The third kappa shape index (κ3) is 3.71. The normalized spacial score (nSPS) is 31.9.